The van der Waals surface area contributed by atoms with E-state index in [0.29, 0.717) is 18.4 Å². The summed E-state index contributed by atoms with van der Waals surface area (Å²) < 4.78 is 9.79. The molecule has 0 amide bonds. The first-order valence-electron chi connectivity index (χ1n) is 6.55. The van der Waals surface area contributed by atoms with Gasteiger partial charge >= 0.3 is 11.9 Å². The fourth-order valence-electron chi connectivity index (χ4n) is 3.49. The minimum absolute atomic E-state index is 0.318. The number of rotatable bonds is 5. The standard InChI is InChI=1S/C14H20O4/c1-3-13(15)18-8-14(16)17-7-11-5-10-4-9(2)12(11)6-10/h3,9-12H,1,4-8H2,2H3. The predicted molar refractivity (Wildman–Crippen MR) is 65.6 cm³/mol. The van der Waals surface area contributed by atoms with Gasteiger partial charge in [-0.15, -0.1) is 0 Å². The van der Waals surface area contributed by atoms with Gasteiger partial charge in [0, 0.05) is 6.08 Å². The summed E-state index contributed by atoms with van der Waals surface area (Å²) in [6.07, 6.45) is 4.82. The van der Waals surface area contributed by atoms with Gasteiger partial charge in [-0.25, -0.2) is 9.59 Å². The SMILES string of the molecule is C=CC(=O)OCC(=O)OCC1CC2CC(C)C1C2. The zero-order valence-corrected chi connectivity index (χ0v) is 10.8. The van der Waals surface area contributed by atoms with E-state index in [2.05, 4.69) is 18.2 Å². The van der Waals surface area contributed by atoms with E-state index >= 15 is 0 Å². The Kier molecular flexibility index (Phi) is 4.04. The molecular formula is C14H20O4. The molecule has 4 unspecified atom stereocenters. The van der Waals surface area contributed by atoms with Gasteiger partial charge < -0.3 is 9.47 Å². The van der Waals surface area contributed by atoms with Crippen LogP contribution < -0.4 is 0 Å². The lowest BCUT2D eigenvalue weighted by Crippen LogP contribution is -2.25. The fraction of sp³-hybridized carbons (Fsp3) is 0.714. The smallest absolute Gasteiger partial charge is 0.344 e. The molecule has 2 fully saturated rings. The maximum absolute atomic E-state index is 11.4. The fourth-order valence-corrected chi connectivity index (χ4v) is 3.49. The number of carbonyl (C=O) groups excluding carboxylic acids is 2. The number of hydrogen-bond donors (Lipinski definition) is 0. The van der Waals surface area contributed by atoms with Crippen molar-refractivity contribution in [1.29, 1.82) is 0 Å². The summed E-state index contributed by atoms with van der Waals surface area (Å²) >= 11 is 0. The van der Waals surface area contributed by atoms with E-state index in [1.54, 1.807) is 0 Å². The second-order valence-electron chi connectivity index (χ2n) is 5.47. The summed E-state index contributed by atoms with van der Waals surface area (Å²) in [6, 6.07) is 0. The lowest BCUT2D eigenvalue weighted by molar-refractivity contribution is -0.157. The number of ether oxygens (including phenoxy) is 2. The highest BCUT2D eigenvalue weighted by Crippen LogP contribution is 2.51. The van der Waals surface area contributed by atoms with E-state index in [-0.39, 0.29) is 6.61 Å². The van der Waals surface area contributed by atoms with Gasteiger partial charge in [-0.1, -0.05) is 13.5 Å². The van der Waals surface area contributed by atoms with Crippen molar-refractivity contribution in [3.63, 3.8) is 0 Å². The summed E-state index contributed by atoms with van der Waals surface area (Å²) in [4.78, 5) is 22.1. The summed E-state index contributed by atoms with van der Waals surface area (Å²) in [5, 5.41) is 0. The van der Waals surface area contributed by atoms with Gasteiger partial charge in [-0.2, -0.15) is 0 Å². The summed E-state index contributed by atoms with van der Waals surface area (Å²) in [5.41, 5.74) is 0. The van der Waals surface area contributed by atoms with Crippen LogP contribution in [0.15, 0.2) is 12.7 Å². The van der Waals surface area contributed by atoms with Crippen LogP contribution in [0.5, 0.6) is 0 Å². The topological polar surface area (TPSA) is 52.6 Å². The highest BCUT2D eigenvalue weighted by molar-refractivity contribution is 5.83. The Bertz CT molecular complexity index is 350. The molecule has 0 aliphatic heterocycles. The van der Waals surface area contributed by atoms with Crippen LogP contribution in [0.25, 0.3) is 0 Å². The average molecular weight is 252 g/mol. The van der Waals surface area contributed by atoms with Crippen molar-refractivity contribution in [3.05, 3.63) is 12.7 Å². The van der Waals surface area contributed by atoms with E-state index in [0.717, 1.165) is 17.9 Å². The molecule has 0 aromatic carbocycles. The molecule has 2 bridgehead atoms. The lowest BCUT2D eigenvalue weighted by Gasteiger charge is -2.26. The van der Waals surface area contributed by atoms with Crippen LogP contribution in [0.2, 0.25) is 0 Å². The van der Waals surface area contributed by atoms with Crippen LogP contribution in [-0.4, -0.2) is 25.2 Å². The Morgan fingerprint density at radius 3 is 2.67 bits per heavy atom. The molecule has 0 spiro atoms. The monoisotopic (exact) mass is 252 g/mol. The first-order valence-corrected chi connectivity index (χ1v) is 6.55. The second kappa shape index (κ2) is 5.55. The third-order valence-electron chi connectivity index (χ3n) is 4.24. The molecule has 18 heavy (non-hydrogen) atoms. The third-order valence-corrected chi connectivity index (χ3v) is 4.24. The molecule has 4 atom stereocenters. The van der Waals surface area contributed by atoms with Crippen LogP contribution >= 0.6 is 0 Å². The van der Waals surface area contributed by atoms with Crippen molar-refractivity contribution in [2.45, 2.75) is 26.2 Å². The van der Waals surface area contributed by atoms with Crippen molar-refractivity contribution < 1.29 is 19.1 Å². The van der Waals surface area contributed by atoms with E-state index < -0.39 is 11.9 Å². The Morgan fingerprint density at radius 1 is 1.28 bits per heavy atom. The Balaban J connectivity index is 1.67. The van der Waals surface area contributed by atoms with Crippen molar-refractivity contribution in [2.75, 3.05) is 13.2 Å². The highest BCUT2D eigenvalue weighted by atomic mass is 16.6. The minimum atomic E-state index is -0.597. The molecule has 4 heteroatoms. The molecule has 0 aromatic rings. The Labute approximate surface area is 107 Å². The van der Waals surface area contributed by atoms with E-state index in [1.807, 2.05) is 0 Å². The lowest BCUT2D eigenvalue weighted by atomic mass is 9.82. The van der Waals surface area contributed by atoms with Gasteiger partial charge in [-0.3, -0.25) is 0 Å². The zero-order chi connectivity index (χ0) is 13.1. The van der Waals surface area contributed by atoms with Gasteiger partial charge in [0.15, 0.2) is 6.61 Å². The van der Waals surface area contributed by atoms with Crippen LogP contribution in [0.3, 0.4) is 0 Å². The van der Waals surface area contributed by atoms with Crippen molar-refractivity contribution in [1.82, 2.24) is 0 Å². The number of esters is 2. The molecule has 0 saturated heterocycles. The molecule has 4 nitrogen and oxygen atoms in total. The Morgan fingerprint density at radius 2 is 2.06 bits per heavy atom. The summed E-state index contributed by atoms with van der Waals surface area (Å²) in [6.45, 7) is 5.69. The number of fused-ring (bicyclic) bond motifs is 2. The molecule has 2 aliphatic carbocycles. The normalized spacial score (nSPS) is 33.2. The van der Waals surface area contributed by atoms with Crippen LogP contribution in [0.4, 0.5) is 0 Å². The van der Waals surface area contributed by atoms with E-state index in [9.17, 15) is 9.59 Å². The predicted octanol–water partition coefficient (Wildman–Crippen LogP) is 1.94. The van der Waals surface area contributed by atoms with Crippen molar-refractivity contribution >= 4 is 11.9 Å². The third kappa shape index (κ3) is 2.92. The summed E-state index contributed by atoms with van der Waals surface area (Å²) in [5.74, 6) is 1.72. The molecule has 0 N–H and O–H groups in total. The van der Waals surface area contributed by atoms with Gasteiger partial charge in [0.05, 0.1) is 6.61 Å². The molecular weight excluding hydrogens is 232 g/mol. The molecule has 0 aromatic heterocycles. The van der Waals surface area contributed by atoms with E-state index in [1.165, 1.54) is 19.3 Å². The van der Waals surface area contributed by atoms with Crippen LogP contribution in [-0.2, 0) is 19.1 Å². The second-order valence-corrected chi connectivity index (χ2v) is 5.47. The van der Waals surface area contributed by atoms with Crippen LogP contribution in [0.1, 0.15) is 26.2 Å². The van der Waals surface area contributed by atoms with Crippen LogP contribution in [0, 0.1) is 23.7 Å². The zero-order valence-electron chi connectivity index (χ0n) is 10.8. The maximum Gasteiger partial charge on any atom is 0.344 e. The van der Waals surface area contributed by atoms with Gasteiger partial charge in [0.1, 0.15) is 0 Å². The average Bonchev–Trinajstić information content (AvgIpc) is 2.91. The van der Waals surface area contributed by atoms with Gasteiger partial charge in [0.2, 0.25) is 0 Å². The largest absolute Gasteiger partial charge is 0.463 e. The molecule has 2 aliphatic rings. The van der Waals surface area contributed by atoms with Gasteiger partial charge in [0.25, 0.3) is 0 Å². The number of hydrogen-bond acceptors (Lipinski definition) is 4. The van der Waals surface area contributed by atoms with Crippen molar-refractivity contribution in [3.8, 4) is 0 Å². The van der Waals surface area contributed by atoms with Crippen molar-refractivity contribution in [2.24, 2.45) is 23.7 Å². The quantitative estimate of drug-likeness (QED) is 0.554. The summed E-state index contributed by atoms with van der Waals surface area (Å²) in [7, 11) is 0. The molecule has 2 rings (SSSR count). The number of carbonyl (C=O) groups is 2. The maximum atomic E-state index is 11.4. The van der Waals surface area contributed by atoms with Gasteiger partial charge in [-0.05, 0) is 42.9 Å². The molecule has 2 saturated carbocycles. The highest BCUT2D eigenvalue weighted by Gasteiger charge is 2.44. The van der Waals surface area contributed by atoms with E-state index in [4.69, 9.17) is 4.74 Å². The minimum Gasteiger partial charge on any atom is -0.463 e. The first-order chi connectivity index (χ1) is 8.60. The first kappa shape index (κ1) is 13.1. The molecule has 0 radical (unpaired) electrons. The molecule has 100 valence electrons. The Hall–Kier alpha value is -1.32. The molecule has 0 heterocycles.